The first-order valence-electron chi connectivity index (χ1n) is 6.04. The Morgan fingerprint density at radius 2 is 2.18 bits per heavy atom. The van der Waals surface area contributed by atoms with Crippen LogP contribution in [0.5, 0.6) is 0 Å². The average molecular weight is 253 g/mol. The summed E-state index contributed by atoms with van der Waals surface area (Å²) < 4.78 is 22.5. The van der Waals surface area contributed by atoms with Crippen molar-refractivity contribution in [2.45, 2.75) is 31.1 Å². The molecule has 3 nitrogen and oxygen atoms in total. The van der Waals surface area contributed by atoms with Crippen molar-refractivity contribution in [2.24, 2.45) is 0 Å². The average Bonchev–Trinajstić information content (AvgIpc) is 2.28. The third-order valence-corrected chi connectivity index (χ3v) is 3.95. The first-order chi connectivity index (χ1) is 8.04. The van der Waals surface area contributed by atoms with Crippen LogP contribution >= 0.6 is 0 Å². The molecular weight excluding hydrogens is 234 g/mol. The number of sulfone groups is 1. The molecule has 2 rings (SSSR count). The molecule has 4 heteroatoms. The lowest BCUT2D eigenvalue weighted by atomic mass is 9.96. The molecule has 1 saturated heterocycles. The fourth-order valence-electron chi connectivity index (χ4n) is 2.34. The molecule has 0 saturated carbocycles. The first kappa shape index (κ1) is 12.6. The van der Waals surface area contributed by atoms with Crippen LogP contribution in [-0.4, -0.2) is 21.2 Å². The summed E-state index contributed by atoms with van der Waals surface area (Å²) in [4.78, 5) is 0. The molecule has 94 valence electrons. The second kappa shape index (κ2) is 5.19. The monoisotopic (exact) mass is 253 g/mol. The standard InChI is InChI=1S/C13H19NO2S/c1-17(15,16)10-11-5-4-6-12(9-11)13-7-2-3-8-14-13/h4-6,9,13-14H,2-3,7-8,10H2,1H3. The number of piperidine rings is 1. The van der Waals surface area contributed by atoms with Gasteiger partial charge >= 0.3 is 0 Å². The topological polar surface area (TPSA) is 46.2 Å². The highest BCUT2D eigenvalue weighted by Crippen LogP contribution is 2.23. The molecule has 1 fully saturated rings. The van der Waals surface area contributed by atoms with E-state index in [0.29, 0.717) is 6.04 Å². The second-order valence-corrected chi connectivity index (χ2v) is 6.96. The minimum atomic E-state index is -2.95. The molecule has 1 N–H and O–H groups in total. The zero-order valence-corrected chi connectivity index (χ0v) is 11.0. The highest BCUT2D eigenvalue weighted by molar-refractivity contribution is 7.89. The van der Waals surface area contributed by atoms with Gasteiger partial charge in [0.15, 0.2) is 9.84 Å². The Morgan fingerprint density at radius 3 is 2.82 bits per heavy atom. The normalized spacial score (nSPS) is 21.4. The minimum Gasteiger partial charge on any atom is -0.310 e. The molecule has 0 amide bonds. The maximum absolute atomic E-state index is 11.3. The van der Waals surface area contributed by atoms with Crippen LogP contribution in [0.4, 0.5) is 0 Å². The van der Waals surface area contributed by atoms with Gasteiger partial charge in [0.1, 0.15) is 0 Å². The van der Waals surface area contributed by atoms with Crippen molar-refractivity contribution in [3.05, 3.63) is 35.4 Å². The fraction of sp³-hybridized carbons (Fsp3) is 0.538. The van der Waals surface area contributed by atoms with E-state index in [4.69, 9.17) is 0 Å². The summed E-state index contributed by atoms with van der Waals surface area (Å²) in [6.45, 7) is 1.06. The zero-order valence-electron chi connectivity index (χ0n) is 10.1. The predicted molar refractivity (Wildman–Crippen MR) is 69.6 cm³/mol. The number of rotatable bonds is 3. The summed E-state index contributed by atoms with van der Waals surface area (Å²) in [7, 11) is -2.95. The van der Waals surface area contributed by atoms with Crippen LogP contribution < -0.4 is 5.32 Å². The van der Waals surface area contributed by atoms with Gasteiger partial charge < -0.3 is 5.32 Å². The van der Waals surface area contributed by atoms with Gasteiger partial charge in [-0.05, 0) is 30.5 Å². The summed E-state index contributed by atoms with van der Waals surface area (Å²) in [6, 6.07) is 8.32. The van der Waals surface area contributed by atoms with E-state index in [2.05, 4.69) is 11.4 Å². The molecule has 1 aliphatic rings. The number of hydrogen-bond donors (Lipinski definition) is 1. The summed E-state index contributed by atoms with van der Waals surface area (Å²) in [5.41, 5.74) is 2.10. The van der Waals surface area contributed by atoms with Crippen LogP contribution in [0.2, 0.25) is 0 Å². The Bertz CT molecular complexity index is 476. The van der Waals surface area contributed by atoms with Gasteiger partial charge in [0.05, 0.1) is 5.75 Å². The van der Waals surface area contributed by atoms with Gasteiger partial charge in [-0.2, -0.15) is 0 Å². The van der Waals surface area contributed by atoms with Gasteiger partial charge in [0.2, 0.25) is 0 Å². The molecule has 17 heavy (non-hydrogen) atoms. The van der Waals surface area contributed by atoms with E-state index in [0.717, 1.165) is 18.5 Å². The molecule has 0 aromatic heterocycles. The summed E-state index contributed by atoms with van der Waals surface area (Å²) in [5, 5.41) is 3.48. The van der Waals surface area contributed by atoms with Gasteiger partial charge in [0.25, 0.3) is 0 Å². The summed E-state index contributed by atoms with van der Waals surface area (Å²) in [5.74, 6) is 0.132. The van der Waals surface area contributed by atoms with Crippen molar-refractivity contribution in [3.63, 3.8) is 0 Å². The Hall–Kier alpha value is -0.870. The van der Waals surface area contributed by atoms with Crippen LogP contribution in [0, 0.1) is 0 Å². The summed E-state index contributed by atoms with van der Waals surface area (Å²) >= 11 is 0. The molecule has 1 atom stereocenters. The maximum Gasteiger partial charge on any atom is 0.151 e. The highest BCUT2D eigenvalue weighted by atomic mass is 32.2. The van der Waals surface area contributed by atoms with Crippen molar-refractivity contribution in [3.8, 4) is 0 Å². The Labute approximate surface area is 103 Å². The molecule has 1 aliphatic heterocycles. The Balaban J connectivity index is 2.16. The van der Waals surface area contributed by atoms with Crippen molar-refractivity contribution in [1.29, 1.82) is 0 Å². The lowest BCUT2D eigenvalue weighted by molar-refractivity contribution is 0.412. The molecular formula is C13H19NO2S. The molecule has 0 aliphatic carbocycles. The van der Waals surface area contributed by atoms with E-state index in [-0.39, 0.29) is 5.75 Å². The van der Waals surface area contributed by atoms with Gasteiger partial charge in [-0.1, -0.05) is 30.7 Å². The van der Waals surface area contributed by atoms with Crippen LogP contribution in [-0.2, 0) is 15.6 Å². The Morgan fingerprint density at radius 1 is 1.35 bits per heavy atom. The molecule has 1 heterocycles. The third kappa shape index (κ3) is 3.82. The zero-order chi connectivity index (χ0) is 12.3. The molecule has 1 aromatic carbocycles. The number of hydrogen-bond acceptors (Lipinski definition) is 3. The summed E-state index contributed by atoms with van der Waals surface area (Å²) in [6.07, 6.45) is 4.90. The van der Waals surface area contributed by atoms with Crippen molar-refractivity contribution in [1.82, 2.24) is 5.32 Å². The van der Waals surface area contributed by atoms with Gasteiger partial charge in [0, 0.05) is 12.3 Å². The van der Waals surface area contributed by atoms with Crippen LogP contribution in [0.3, 0.4) is 0 Å². The molecule has 0 radical (unpaired) electrons. The quantitative estimate of drug-likeness (QED) is 0.896. The van der Waals surface area contributed by atoms with Crippen LogP contribution in [0.1, 0.15) is 36.4 Å². The minimum absolute atomic E-state index is 0.132. The van der Waals surface area contributed by atoms with E-state index in [1.807, 2.05) is 18.2 Å². The maximum atomic E-state index is 11.3. The van der Waals surface area contributed by atoms with Gasteiger partial charge in [-0.15, -0.1) is 0 Å². The van der Waals surface area contributed by atoms with Crippen LogP contribution in [0.15, 0.2) is 24.3 Å². The largest absolute Gasteiger partial charge is 0.310 e. The van der Waals surface area contributed by atoms with Crippen LogP contribution in [0.25, 0.3) is 0 Å². The van der Waals surface area contributed by atoms with Crippen molar-refractivity contribution in [2.75, 3.05) is 12.8 Å². The highest BCUT2D eigenvalue weighted by Gasteiger charge is 2.15. The first-order valence-corrected chi connectivity index (χ1v) is 8.10. The number of nitrogens with one attached hydrogen (secondary N) is 1. The SMILES string of the molecule is CS(=O)(=O)Cc1cccc(C2CCCCN2)c1. The Kier molecular flexibility index (Phi) is 3.84. The van der Waals surface area contributed by atoms with Crippen molar-refractivity contribution < 1.29 is 8.42 Å². The molecule has 1 aromatic rings. The van der Waals surface area contributed by atoms with E-state index < -0.39 is 9.84 Å². The second-order valence-electron chi connectivity index (χ2n) is 4.82. The fourth-order valence-corrected chi connectivity index (χ4v) is 3.12. The van der Waals surface area contributed by atoms with Gasteiger partial charge in [-0.25, -0.2) is 8.42 Å². The molecule has 0 bridgehead atoms. The van der Waals surface area contributed by atoms with E-state index >= 15 is 0 Å². The van der Waals surface area contributed by atoms with E-state index in [1.165, 1.54) is 24.7 Å². The lowest BCUT2D eigenvalue weighted by Crippen LogP contribution is -2.26. The lowest BCUT2D eigenvalue weighted by Gasteiger charge is -2.24. The third-order valence-electron chi connectivity index (χ3n) is 3.09. The van der Waals surface area contributed by atoms with E-state index in [1.54, 1.807) is 0 Å². The smallest absolute Gasteiger partial charge is 0.151 e. The predicted octanol–water partition coefficient (Wildman–Crippen LogP) is 2.05. The molecule has 1 unspecified atom stereocenters. The molecule has 0 spiro atoms. The van der Waals surface area contributed by atoms with E-state index in [9.17, 15) is 8.42 Å². The van der Waals surface area contributed by atoms with Gasteiger partial charge in [-0.3, -0.25) is 0 Å². The number of benzene rings is 1. The van der Waals surface area contributed by atoms with Crippen molar-refractivity contribution >= 4 is 9.84 Å².